The van der Waals surface area contributed by atoms with Gasteiger partial charge in [-0.1, -0.05) is 26.7 Å². The van der Waals surface area contributed by atoms with Gasteiger partial charge in [-0.15, -0.1) is 0 Å². The molecule has 0 bridgehead atoms. The van der Waals surface area contributed by atoms with Crippen molar-refractivity contribution in [2.75, 3.05) is 18.0 Å². The third kappa shape index (κ3) is 2.73. The van der Waals surface area contributed by atoms with Crippen LogP contribution >= 0.6 is 0 Å². The van der Waals surface area contributed by atoms with Gasteiger partial charge in [0.05, 0.1) is 6.61 Å². The van der Waals surface area contributed by atoms with E-state index >= 15 is 0 Å². The molecule has 1 saturated heterocycles. The van der Waals surface area contributed by atoms with Crippen LogP contribution in [0.4, 0.5) is 10.2 Å². The lowest BCUT2D eigenvalue weighted by molar-refractivity contribution is 0.198. The molecule has 3 nitrogen and oxygen atoms in total. The highest BCUT2D eigenvalue weighted by Gasteiger charge is 2.32. The summed E-state index contributed by atoms with van der Waals surface area (Å²) in [6.45, 7) is 5.90. The van der Waals surface area contributed by atoms with Crippen molar-refractivity contribution >= 4 is 5.82 Å². The van der Waals surface area contributed by atoms with Crippen LogP contribution in [0.15, 0.2) is 12.3 Å². The molecule has 0 amide bonds. The van der Waals surface area contributed by atoms with Crippen molar-refractivity contribution < 1.29 is 9.50 Å². The first-order valence-electron chi connectivity index (χ1n) is 7.15. The maximum absolute atomic E-state index is 14.1. The number of pyridine rings is 1. The Morgan fingerprint density at radius 2 is 1.95 bits per heavy atom. The number of rotatable bonds is 4. The van der Waals surface area contributed by atoms with Crippen molar-refractivity contribution in [3.8, 4) is 0 Å². The van der Waals surface area contributed by atoms with Crippen molar-refractivity contribution in [2.24, 2.45) is 5.41 Å². The Morgan fingerprint density at radius 3 is 2.47 bits per heavy atom. The summed E-state index contributed by atoms with van der Waals surface area (Å²) < 4.78 is 14.1. The number of piperidine rings is 1. The summed E-state index contributed by atoms with van der Waals surface area (Å²) in [5.41, 5.74) is 0.745. The third-order valence-corrected chi connectivity index (χ3v) is 4.74. The van der Waals surface area contributed by atoms with E-state index in [1.807, 2.05) is 4.90 Å². The molecule has 4 heteroatoms. The Bertz CT molecular complexity index is 422. The molecule has 0 aliphatic carbocycles. The van der Waals surface area contributed by atoms with Crippen molar-refractivity contribution in [3.63, 3.8) is 0 Å². The van der Waals surface area contributed by atoms with Crippen LogP contribution in [0.1, 0.15) is 45.1 Å². The minimum Gasteiger partial charge on any atom is -0.392 e. The molecule has 1 aromatic heterocycles. The molecule has 2 heterocycles. The van der Waals surface area contributed by atoms with E-state index in [2.05, 4.69) is 18.8 Å². The Morgan fingerprint density at radius 1 is 1.32 bits per heavy atom. The molecule has 1 N–H and O–H groups in total. The van der Waals surface area contributed by atoms with Crippen LogP contribution in [0, 0.1) is 11.2 Å². The second-order valence-corrected chi connectivity index (χ2v) is 5.46. The monoisotopic (exact) mass is 266 g/mol. The van der Waals surface area contributed by atoms with Crippen molar-refractivity contribution in [2.45, 2.75) is 46.1 Å². The number of nitrogens with zero attached hydrogens (tertiary/aromatic N) is 2. The zero-order chi connectivity index (χ0) is 13.9. The summed E-state index contributed by atoms with van der Waals surface area (Å²) >= 11 is 0. The number of aromatic nitrogens is 1. The lowest BCUT2D eigenvalue weighted by atomic mass is 9.74. The van der Waals surface area contributed by atoms with Gasteiger partial charge in [-0.2, -0.15) is 0 Å². The van der Waals surface area contributed by atoms with E-state index in [0.717, 1.165) is 25.9 Å². The highest BCUT2D eigenvalue weighted by Crippen LogP contribution is 2.39. The molecule has 1 aliphatic rings. The summed E-state index contributed by atoms with van der Waals surface area (Å²) in [6.07, 6.45) is 6.12. The fourth-order valence-electron chi connectivity index (χ4n) is 2.96. The standard InChI is InChI=1S/C15H23FN2O/c1-3-15(4-2)6-9-18(10-7-15)14-13(16)12(11-19)5-8-17-14/h5,8,19H,3-4,6-7,9-11H2,1-2H3. The van der Waals surface area contributed by atoms with Gasteiger partial charge in [-0.25, -0.2) is 9.37 Å². The minimum absolute atomic E-state index is 0.275. The summed E-state index contributed by atoms with van der Waals surface area (Å²) in [4.78, 5) is 6.16. The Hall–Kier alpha value is -1.16. The van der Waals surface area contributed by atoms with Gasteiger partial charge in [-0.3, -0.25) is 0 Å². The minimum atomic E-state index is -0.370. The number of hydrogen-bond donors (Lipinski definition) is 1. The van der Waals surface area contributed by atoms with Gasteiger partial charge in [0.1, 0.15) is 0 Å². The maximum Gasteiger partial charge on any atom is 0.171 e. The van der Waals surface area contributed by atoms with Crippen LogP contribution in [-0.2, 0) is 6.61 Å². The van der Waals surface area contributed by atoms with E-state index in [0.29, 0.717) is 16.8 Å². The van der Waals surface area contributed by atoms with Crippen LogP contribution < -0.4 is 4.90 Å². The molecule has 0 aromatic carbocycles. The van der Waals surface area contributed by atoms with Gasteiger partial charge >= 0.3 is 0 Å². The number of aliphatic hydroxyl groups is 1. The van der Waals surface area contributed by atoms with Crippen LogP contribution in [0.3, 0.4) is 0 Å². The molecule has 1 fully saturated rings. The molecular weight excluding hydrogens is 243 g/mol. The first-order chi connectivity index (χ1) is 9.15. The normalized spacial score (nSPS) is 18.6. The summed E-state index contributed by atoms with van der Waals surface area (Å²) in [5, 5.41) is 9.11. The summed E-state index contributed by atoms with van der Waals surface area (Å²) in [5.74, 6) is 0.0258. The third-order valence-electron chi connectivity index (χ3n) is 4.74. The SMILES string of the molecule is CCC1(CC)CCN(c2nccc(CO)c2F)CC1. The van der Waals surface area contributed by atoms with E-state index < -0.39 is 0 Å². The summed E-state index contributed by atoms with van der Waals surface area (Å²) in [7, 11) is 0. The lowest BCUT2D eigenvalue weighted by Crippen LogP contribution is -2.40. The van der Waals surface area contributed by atoms with E-state index in [1.54, 1.807) is 6.20 Å². The van der Waals surface area contributed by atoms with Gasteiger partial charge in [0.2, 0.25) is 0 Å². The zero-order valence-corrected chi connectivity index (χ0v) is 11.8. The molecule has 0 radical (unpaired) electrons. The fourth-order valence-corrected chi connectivity index (χ4v) is 2.96. The maximum atomic E-state index is 14.1. The number of aliphatic hydroxyl groups excluding tert-OH is 1. The van der Waals surface area contributed by atoms with E-state index in [9.17, 15) is 4.39 Å². The molecule has 2 rings (SSSR count). The van der Waals surface area contributed by atoms with Gasteiger partial charge in [0.25, 0.3) is 0 Å². The van der Waals surface area contributed by atoms with Gasteiger partial charge in [0, 0.05) is 24.8 Å². The fraction of sp³-hybridized carbons (Fsp3) is 0.667. The molecule has 1 aliphatic heterocycles. The van der Waals surface area contributed by atoms with E-state index in [-0.39, 0.29) is 12.4 Å². The summed E-state index contributed by atoms with van der Waals surface area (Å²) in [6, 6.07) is 1.53. The average Bonchev–Trinajstić information content (AvgIpc) is 2.48. The molecule has 0 spiro atoms. The quantitative estimate of drug-likeness (QED) is 0.909. The lowest BCUT2D eigenvalue weighted by Gasteiger charge is -2.41. The van der Waals surface area contributed by atoms with Crippen molar-refractivity contribution in [3.05, 3.63) is 23.6 Å². The Kier molecular flexibility index (Phi) is 4.40. The molecule has 1 aromatic rings. The van der Waals surface area contributed by atoms with Crippen LogP contribution in [0.2, 0.25) is 0 Å². The smallest absolute Gasteiger partial charge is 0.171 e. The molecule has 19 heavy (non-hydrogen) atoms. The van der Waals surface area contributed by atoms with Gasteiger partial charge in [0.15, 0.2) is 11.6 Å². The zero-order valence-electron chi connectivity index (χ0n) is 11.8. The van der Waals surface area contributed by atoms with E-state index in [1.165, 1.54) is 18.9 Å². The topological polar surface area (TPSA) is 36.4 Å². The van der Waals surface area contributed by atoms with Crippen LogP contribution in [-0.4, -0.2) is 23.2 Å². The molecule has 0 atom stereocenters. The number of hydrogen-bond acceptors (Lipinski definition) is 3. The van der Waals surface area contributed by atoms with Gasteiger partial charge in [-0.05, 0) is 24.3 Å². The van der Waals surface area contributed by atoms with Crippen molar-refractivity contribution in [1.29, 1.82) is 0 Å². The average molecular weight is 266 g/mol. The number of halogens is 1. The first kappa shape index (κ1) is 14.3. The van der Waals surface area contributed by atoms with E-state index in [4.69, 9.17) is 5.11 Å². The largest absolute Gasteiger partial charge is 0.392 e. The predicted octanol–water partition coefficient (Wildman–Crippen LogP) is 3.12. The Balaban J connectivity index is 2.14. The molecule has 106 valence electrons. The Labute approximate surface area is 114 Å². The molecule has 0 unspecified atom stereocenters. The number of anilines is 1. The highest BCUT2D eigenvalue weighted by atomic mass is 19.1. The highest BCUT2D eigenvalue weighted by molar-refractivity contribution is 5.43. The predicted molar refractivity (Wildman–Crippen MR) is 74.6 cm³/mol. The first-order valence-corrected chi connectivity index (χ1v) is 7.15. The second-order valence-electron chi connectivity index (χ2n) is 5.46. The molecule has 0 saturated carbocycles. The van der Waals surface area contributed by atoms with Crippen molar-refractivity contribution in [1.82, 2.24) is 4.98 Å². The second kappa shape index (κ2) is 5.87. The van der Waals surface area contributed by atoms with Gasteiger partial charge < -0.3 is 10.0 Å². The molecular formula is C15H23FN2O. The van der Waals surface area contributed by atoms with Crippen LogP contribution in [0.5, 0.6) is 0 Å². The van der Waals surface area contributed by atoms with Crippen LogP contribution in [0.25, 0.3) is 0 Å².